The predicted octanol–water partition coefficient (Wildman–Crippen LogP) is 3.51. The second kappa shape index (κ2) is 10.2. The zero-order chi connectivity index (χ0) is 28.1. The van der Waals surface area contributed by atoms with Gasteiger partial charge in [-0.3, -0.25) is 9.97 Å². The summed E-state index contributed by atoms with van der Waals surface area (Å²) >= 11 is 0. The van der Waals surface area contributed by atoms with Gasteiger partial charge in [-0.2, -0.15) is 5.10 Å². The van der Waals surface area contributed by atoms with Crippen LogP contribution in [0.1, 0.15) is 30.1 Å². The first-order chi connectivity index (χ1) is 20.1. The first kappa shape index (κ1) is 25.6. The van der Waals surface area contributed by atoms with Crippen LogP contribution in [0.5, 0.6) is 5.75 Å². The van der Waals surface area contributed by atoms with Gasteiger partial charge in [-0.05, 0) is 31.9 Å². The van der Waals surface area contributed by atoms with Gasteiger partial charge in [0.2, 0.25) is 5.95 Å². The molecule has 11 nitrogen and oxygen atoms in total. The number of aryl methyl sites for hydroxylation is 2. The third kappa shape index (κ3) is 4.50. The summed E-state index contributed by atoms with van der Waals surface area (Å²) in [5.41, 5.74) is 6.57. The lowest BCUT2D eigenvalue weighted by Gasteiger charge is -2.24. The van der Waals surface area contributed by atoms with E-state index in [1.54, 1.807) is 26.6 Å². The van der Waals surface area contributed by atoms with Crippen LogP contribution in [0.25, 0.3) is 39.0 Å². The van der Waals surface area contributed by atoms with Crippen LogP contribution in [-0.2, 0) is 11.8 Å². The molecule has 1 aliphatic heterocycles. The molecule has 0 spiro atoms. The van der Waals surface area contributed by atoms with E-state index in [1.807, 2.05) is 29.9 Å². The van der Waals surface area contributed by atoms with Crippen molar-refractivity contribution in [2.45, 2.75) is 25.7 Å². The summed E-state index contributed by atoms with van der Waals surface area (Å²) in [6.07, 6.45) is 9.90. The molecular weight excluding hydrogens is 518 g/mol. The van der Waals surface area contributed by atoms with Crippen molar-refractivity contribution in [3.8, 4) is 22.8 Å². The van der Waals surface area contributed by atoms with Gasteiger partial charge in [0.15, 0.2) is 25.1 Å². The van der Waals surface area contributed by atoms with E-state index in [2.05, 4.69) is 38.4 Å². The average Bonchev–Trinajstić information content (AvgIpc) is 3.68. The van der Waals surface area contributed by atoms with Gasteiger partial charge >= 0.3 is 0 Å². The van der Waals surface area contributed by atoms with E-state index in [0.29, 0.717) is 5.92 Å². The second-order valence-corrected chi connectivity index (χ2v) is 10.8. The van der Waals surface area contributed by atoms with Gasteiger partial charge in [-0.25, -0.2) is 19.2 Å². The second-order valence-electron chi connectivity index (χ2n) is 10.8. The van der Waals surface area contributed by atoms with Crippen molar-refractivity contribution in [2.24, 2.45) is 7.05 Å². The van der Waals surface area contributed by atoms with Crippen LogP contribution in [0.4, 0.5) is 5.95 Å². The van der Waals surface area contributed by atoms with E-state index in [4.69, 9.17) is 29.5 Å². The maximum absolute atomic E-state index is 5.59. The molecule has 0 aromatic carbocycles. The molecule has 0 amide bonds. The molecule has 6 heterocycles. The quantitative estimate of drug-likeness (QED) is 0.270. The summed E-state index contributed by atoms with van der Waals surface area (Å²) in [4.78, 5) is 21.8. The number of rotatable bonds is 8. The molecule has 0 bridgehead atoms. The highest BCUT2D eigenvalue weighted by molar-refractivity contribution is 5.88. The van der Waals surface area contributed by atoms with Crippen molar-refractivity contribution < 1.29 is 14.0 Å². The molecule has 1 fully saturated rings. The van der Waals surface area contributed by atoms with Crippen LogP contribution in [0.2, 0.25) is 0 Å². The molecule has 0 unspecified atom stereocenters. The molecule has 2 aliphatic rings. The van der Waals surface area contributed by atoms with Crippen molar-refractivity contribution in [1.29, 1.82) is 0 Å². The Morgan fingerprint density at radius 3 is 2.71 bits per heavy atom. The number of nitrogens with zero attached hydrogens (tertiary/aromatic N) is 9. The number of methoxy groups -OCH3 is 2. The number of aromatic nitrogens is 7. The van der Waals surface area contributed by atoms with Crippen LogP contribution in [0, 0.1) is 6.92 Å². The van der Waals surface area contributed by atoms with Gasteiger partial charge in [0, 0.05) is 49.6 Å². The SMILES string of the molecule is COCC[N+]1=CCN(c2nc3c(C4CC4)nc(-n4ncc5c(C)nc(-c6cnccc6OC)cc54)cc3n2C)CC1. The Labute approximate surface area is 238 Å². The molecule has 7 rings (SSSR count). The van der Waals surface area contributed by atoms with E-state index in [0.717, 1.165) is 108 Å². The van der Waals surface area contributed by atoms with Crippen LogP contribution >= 0.6 is 0 Å². The van der Waals surface area contributed by atoms with Gasteiger partial charge in [0.05, 0.1) is 54.4 Å². The molecule has 210 valence electrons. The molecule has 1 aliphatic carbocycles. The first-order valence-corrected chi connectivity index (χ1v) is 14.1. The summed E-state index contributed by atoms with van der Waals surface area (Å²) in [6, 6.07) is 6.01. The predicted molar refractivity (Wildman–Crippen MR) is 158 cm³/mol. The fourth-order valence-electron chi connectivity index (χ4n) is 5.71. The molecule has 0 radical (unpaired) electrons. The minimum atomic E-state index is 0.429. The molecule has 0 N–H and O–H groups in total. The van der Waals surface area contributed by atoms with Crippen molar-refractivity contribution >= 4 is 34.1 Å². The highest BCUT2D eigenvalue weighted by atomic mass is 16.5. The monoisotopic (exact) mass is 552 g/mol. The first-order valence-electron chi connectivity index (χ1n) is 14.1. The Hall–Kier alpha value is -4.38. The minimum absolute atomic E-state index is 0.429. The smallest absolute Gasteiger partial charge is 0.207 e. The summed E-state index contributed by atoms with van der Waals surface area (Å²) in [5.74, 6) is 2.92. The number of ether oxygens (including phenoxy) is 2. The Balaban J connectivity index is 1.33. The van der Waals surface area contributed by atoms with Gasteiger partial charge in [0.25, 0.3) is 0 Å². The van der Waals surface area contributed by atoms with E-state index >= 15 is 0 Å². The molecule has 41 heavy (non-hydrogen) atoms. The standard InChI is InChI=1S/C30H34N9O2/c1-19-21-18-32-39(24(21)15-23(33-19)22-17-31-8-7-26(22)41-4)27-16-25-29(28(34-27)20-5-6-20)35-30(36(25)2)38-11-9-37(10-12-38)13-14-40-3/h7-9,15-18,20H,5-6,10-14H2,1-4H3/q+1. The highest BCUT2D eigenvalue weighted by Gasteiger charge is 2.31. The van der Waals surface area contributed by atoms with Gasteiger partial charge in [-0.15, -0.1) is 0 Å². The van der Waals surface area contributed by atoms with Crippen LogP contribution in [0.3, 0.4) is 0 Å². The molecule has 0 saturated heterocycles. The molecule has 5 aromatic heterocycles. The number of fused-ring (bicyclic) bond motifs is 2. The van der Waals surface area contributed by atoms with Gasteiger partial charge < -0.3 is 18.9 Å². The molecule has 5 aromatic rings. The Kier molecular flexibility index (Phi) is 6.38. The zero-order valence-electron chi connectivity index (χ0n) is 23.9. The fourth-order valence-corrected chi connectivity index (χ4v) is 5.71. The van der Waals surface area contributed by atoms with Crippen LogP contribution < -0.4 is 9.64 Å². The van der Waals surface area contributed by atoms with Crippen molar-refractivity contribution in [2.75, 3.05) is 51.9 Å². The number of hydrogen-bond acceptors (Lipinski definition) is 8. The number of hydrogen-bond donors (Lipinski definition) is 0. The largest absolute Gasteiger partial charge is 0.496 e. The summed E-state index contributed by atoms with van der Waals surface area (Å²) in [7, 11) is 5.51. The van der Waals surface area contributed by atoms with Crippen molar-refractivity contribution in [3.05, 3.63) is 48.2 Å². The molecule has 1 saturated carbocycles. The number of pyridine rings is 3. The summed E-state index contributed by atoms with van der Waals surface area (Å²) < 4.78 is 17.3. The Morgan fingerprint density at radius 1 is 1.07 bits per heavy atom. The molecular formula is C30H34N9O2+. The van der Waals surface area contributed by atoms with E-state index in [9.17, 15) is 0 Å². The normalized spacial score (nSPS) is 15.6. The lowest BCUT2D eigenvalue weighted by atomic mass is 10.1. The van der Waals surface area contributed by atoms with Gasteiger partial charge in [-0.1, -0.05) is 0 Å². The van der Waals surface area contributed by atoms with Crippen LogP contribution in [0.15, 0.2) is 36.8 Å². The van der Waals surface area contributed by atoms with E-state index in [1.165, 1.54) is 0 Å². The van der Waals surface area contributed by atoms with Crippen LogP contribution in [-0.4, -0.2) is 92.1 Å². The summed E-state index contributed by atoms with van der Waals surface area (Å²) in [5, 5.41) is 5.78. The Bertz CT molecular complexity index is 1800. The third-order valence-corrected chi connectivity index (χ3v) is 8.16. The van der Waals surface area contributed by atoms with Crippen molar-refractivity contribution in [1.82, 2.24) is 34.3 Å². The third-order valence-electron chi connectivity index (χ3n) is 8.16. The average molecular weight is 553 g/mol. The molecule has 11 heteroatoms. The van der Waals surface area contributed by atoms with Crippen molar-refractivity contribution in [3.63, 3.8) is 0 Å². The highest BCUT2D eigenvalue weighted by Crippen LogP contribution is 2.43. The fraction of sp³-hybridized carbons (Fsp3) is 0.400. The van der Waals surface area contributed by atoms with E-state index in [-0.39, 0.29) is 0 Å². The lowest BCUT2D eigenvalue weighted by Crippen LogP contribution is -2.41. The topological polar surface area (TPSA) is 99.0 Å². The molecule has 0 atom stereocenters. The lowest BCUT2D eigenvalue weighted by molar-refractivity contribution is -0.526. The minimum Gasteiger partial charge on any atom is -0.496 e. The number of anilines is 1. The maximum Gasteiger partial charge on any atom is 0.207 e. The van der Waals surface area contributed by atoms with E-state index < -0.39 is 0 Å². The maximum atomic E-state index is 5.59. The van der Waals surface area contributed by atoms with Gasteiger partial charge in [0.1, 0.15) is 17.9 Å². The summed E-state index contributed by atoms with van der Waals surface area (Å²) in [6.45, 7) is 6.32. The zero-order valence-corrected chi connectivity index (χ0v) is 23.9. The Morgan fingerprint density at radius 2 is 1.95 bits per heavy atom. The number of imidazole rings is 1.